The third kappa shape index (κ3) is 3.70. The number of aryl methyl sites for hydroxylation is 2. The zero-order valence-electron chi connectivity index (χ0n) is 10.9. The van der Waals surface area contributed by atoms with E-state index in [9.17, 15) is 0 Å². The van der Waals surface area contributed by atoms with Gasteiger partial charge in [0.2, 0.25) is 0 Å². The first kappa shape index (κ1) is 12.8. The van der Waals surface area contributed by atoms with E-state index in [0.29, 0.717) is 0 Å². The summed E-state index contributed by atoms with van der Waals surface area (Å²) in [5.41, 5.74) is 1.26. The molecule has 18 heavy (non-hydrogen) atoms. The number of aromatic nitrogens is 4. The smallest absolute Gasteiger partial charge is 0.106 e. The topological polar surface area (TPSA) is 58.5 Å². The van der Waals surface area contributed by atoms with Crippen LogP contribution in [0.25, 0.3) is 0 Å². The van der Waals surface area contributed by atoms with Crippen molar-refractivity contribution < 1.29 is 0 Å². The van der Waals surface area contributed by atoms with Gasteiger partial charge in [0.05, 0.1) is 5.69 Å². The molecule has 98 valence electrons. The van der Waals surface area contributed by atoms with E-state index in [1.165, 1.54) is 5.69 Å². The van der Waals surface area contributed by atoms with Crippen LogP contribution >= 0.6 is 0 Å². The van der Waals surface area contributed by atoms with Gasteiger partial charge in [-0.15, -0.1) is 0 Å². The van der Waals surface area contributed by atoms with Crippen LogP contribution in [-0.2, 0) is 19.5 Å². The zero-order valence-corrected chi connectivity index (χ0v) is 10.9. The summed E-state index contributed by atoms with van der Waals surface area (Å²) in [5, 5.41) is 7.75. The van der Waals surface area contributed by atoms with Gasteiger partial charge in [-0.2, -0.15) is 5.10 Å². The largest absolute Gasteiger partial charge is 0.349 e. The first-order chi connectivity index (χ1) is 8.90. The molecule has 0 aliphatic rings. The summed E-state index contributed by atoms with van der Waals surface area (Å²) in [6.45, 7) is 5.05. The molecule has 0 saturated carbocycles. The van der Waals surface area contributed by atoms with Crippen LogP contribution in [0.3, 0.4) is 0 Å². The van der Waals surface area contributed by atoms with E-state index < -0.39 is 0 Å². The molecule has 5 nitrogen and oxygen atoms in total. The highest BCUT2D eigenvalue weighted by molar-refractivity contribution is 4.99. The zero-order chi connectivity index (χ0) is 12.6. The molecule has 0 spiro atoms. The fourth-order valence-electron chi connectivity index (χ4n) is 1.96. The SMILES string of the molecule is CCCn1nccc1CNCCCc1ncc[nH]1. The Hall–Kier alpha value is -1.62. The summed E-state index contributed by atoms with van der Waals surface area (Å²) < 4.78 is 2.07. The number of hydrogen-bond acceptors (Lipinski definition) is 3. The second-order valence-electron chi connectivity index (χ2n) is 4.36. The number of nitrogens with zero attached hydrogens (tertiary/aromatic N) is 3. The Balaban J connectivity index is 1.64. The molecule has 2 N–H and O–H groups in total. The van der Waals surface area contributed by atoms with Crippen LogP contribution in [0.4, 0.5) is 0 Å². The van der Waals surface area contributed by atoms with Crippen LogP contribution in [-0.4, -0.2) is 26.3 Å². The minimum atomic E-state index is 0.887. The molecule has 0 fully saturated rings. The summed E-state index contributed by atoms with van der Waals surface area (Å²) in [6, 6.07) is 2.08. The molecule has 2 aromatic heterocycles. The molecule has 0 saturated heterocycles. The molecule has 0 aromatic carbocycles. The van der Waals surface area contributed by atoms with Crippen molar-refractivity contribution in [1.29, 1.82) is 0 Å². The molecule has 5 heteroatoms. The Labute approximate surface area is 108 Å². The lowest BCUT2D eigenvalue weighted by molar-refractivity contribution is 0.544. The highest BCUT2D eigenvalue weighted by Crippen LogP contribution is 2.00. The Morgan fingerprint density at radius 3 is 3.11 bits per heavy atom. The predicted octanol–water partition coefficient (Wildman–Crippen LogP) is 1.74. The van der Waals surface area contributed by atoms with Crippen molar-refractivity contribution in [2.75, 3.05) is 6.54 Å². The lowest BCUT2D eigenvalue weighted by atomic mass is 10.3. The van der Waals surface area contributed by atoms with Crippen LogP contribution in [0, 0.1) is 0 Å². The third-order valence-electron chi connectivity index (χ3n) is 2.87. The van der Waals surface area contributed by atoms with E-state index in [-0.39, 0.29) is 0 Å². The second-order valence-corrected chi connectivity index (χ2v) is 4.36. The molecule has 0 atom stereocenters. The van der Waals surface area contributed by atoms with Crippen LogP contribution in [0.15, 0.2) is 24.7 Å². The van der Waals surface area contributed by atoms with Crippen LogP contribution < -0.4 is 5.32 Å². The summed E-state index contributed by atoms with van der Waals surface area (Å²) in [4.78, 5) is 7.32. The van der Waals surface area contributed by atoms with Crippen LogP contribution in [0.5, 0.6) is 0 Å². The Bertz CT molecular complexity index is 432. The Kier molecular flexibility index (Phi) is 4.96. The van der Waals surface area contributed by atoms with Crippen molar-refractivity contribution in [3.63, 3.8) is 0 Å². The van der Waals surface area contributed by atoms with Crippen molar-refractivity contribution in [1.82, 2.24) is 25.1 Å². The minimum Gasteiger partial charge on any atom is -0.349 e. The minimum absolute atomic E-state index is 0.887. The van der Waals surface area contributed by atoms with Crippen molar-refractivity contribution in [3.05, 3.63) is 36.2 Å². The summed E-state index contributed by atoms with van der Waals surface area (Å²) in [5.74, 6) is 1.06. The van der Waals surface area contributed by atoms with Crippen molar-refractivity contribution >= 4 is 0 Å². The number of H-pyrrole nitrogens is 1. The molecule has 0 aliphatic carbocycles. The fraction of sp³-hybridized carbons (Fsp3) is 0.538. The van der Waals surface area contributed by atoms with Crippen molar-refractivity contribution in [2.45, 2.75) is 39.3 Å². The Morgan fingerprint density at radius 2 is 2.33 bits per heavy atom. The van der Waals surface area contributed by atoms with Crippen LogP contribution in [0.2, 0.25) is 0 Å². The second kappa shape index (κ2) is 6.96. The summed E-state index contributed by atoms with van der Waals surface area (Å²) in [6.07, 6.45) is 8.74. The normalized spacial score (nSPS) is 10.9. The maximum atomic E-state index is 4.31. The number of aromatic amines is 1. The molecule has 0 radical (unpaired) electrons. The maximum absolute atomic E-state index is 4.31. The van der Waals surface area contributed by atoms with Crippen LogP contribution in [0.1, 0.15) is 31.3 Å². The lowest BCUT2D eigenvalue weighted by Gasteiger charge is -2.07. The molecule has 2 heterocycles. The van der Waals surface area contributed by atoms with Gasteiger partial charge in [-0.1, -0.05) is 6.92 Å². The summed E-state index contributed by atoms with van der Waals surface area (Å²) >= 11 is 0. The van der Waals surface area contributed by atoms with Gasteiger partial charge in [-0.3, -0.25) is 4.68 Å². The van der Waals surface area contributed by atoms with E-state index in [1.807, 2.05) is 12.4 Å². The van der Waals surface area contributed by atoms with E-state index in [1.54, 1.807) is 6.20 Å². The highest BCUT2D eigenvalue weighted by atomic mass is 15.3. The highest BCUT2D eigenvalue weighted by Gasteiger charge is 2.00. The maximum Gasteiger partial charge on any atom is 0.106 e. The van der Waals surface area contributed by atoms with E-state index in [4.69, 9.17) is 0 Å². The number of rotatable bonds is 8. The van der Waals surface area contributed by atoms with E-state index in [0.717, 1.165) is 44.7 Å². The van der Waals surface area contributed by atoms with Crippen molar-refractivity contribution in [2.24, 2.45) is 0 Å². The average Bonchev–Trinajstić information content (AvgIpc) is 3.01. The molecule has 2 aromatic rings. The van der Waals surface area contributed by atoms with Gasteiger partial charge in [0.1, 0.15) is 5.82 Å². The number of imidazole rings is 1. The first-order valence-electron chi connectivity index (χ1n) is 6.60. The third-order valence-corrected chi connectivity index (χ3v) is 2.87. The van der Waals surface area contributed by atoms with E-state index >= 15 is 0 Å². The number of hydrogen-bond donors (Lipinski definition) is 2. The molecule has 0 unspecified atom stereocenters. The van der Waals surface area contributed by atoms with Gasteiger partial charge < -0.3 is 10.3 Å². The van der Waals surface area contributed by atoms with Gasteiger partial charge in [0.25, 0.3) is 0 Å². The fourth-order valence-corrected chi connectivity index (χ4v) is 1.96. The van der Waals surface area contributed by atoms with E-state index in [2.05, 4.69) is 38.1 Å². The number of nitrogens with one attached hydrogen (secondary N) is 2. The molecule has 2 rings (SSSR count). The van der Waals surface area contributed by atoms with Gasteiger partial charge >= 0.3 is 0 Å². The van der Waals surface area contributed by atoms with Gasteiger partial charge in [-0.05, 0) is 25.5 Å². The molecular formula is C13H21N5. The van der Waals surface area contributed by atoms with Gasteiger partial charge in [-0.25, -0.2) is 4.98 Å². The Morgan fingerprint density at radius 1 is 1.39 bits per heavy atom. The van der Waals surface area contributed by atoms with Gasteiger partial charge in [0.15, 0.2) is 0 Å². The molecular weight excluding hydrogens is 226 g/mol. The molecule has 0 aliphatic heterocycles. The molecule has 0 bridgehead atoms. The van der Waals surface area contributed by atoms with Crippen molar-refractivity contribution in [3.8, 4) is 0 Å². The lowest BCUT2D eigenvalue weighted by Crippen LogP contribution is -2.18. The van der Waals surface area contributed by atoms with Gasteiger partial charge in [0, 0.05) is 38.1 Å². The summed E-state index contributed by atoms with van der Waals surface area (Å²) in [7, 11) is 0. The quantitative estimate of drug-likeness (QED) is 0.699. The molecule has 0 amide bonds. The average molecular weight is 247 g/mol. The predicted molar refractivity (Wildman–Crippen MR) is 71.1 cm³/mol. The monoisotopic (exact) mass is 247 g/mol. The first-order valence-corrected chi connectivity index (χ1v) is 6.60. The standard InChI is InChI=1S/C13H21N5/c1-2-10-18-12(5-7-17-18)11-14-6-3-4-13-15-8-9-16-13/h5,7-9,14H,2-4,6,10-11H2,1H3,(H,15,16).